The van der Waals surface area contributed by atoms with E-state index in [1.54, 1.807) is 19.1 Å². The largest absolute Gasteiger partial charge is 0.477 e. The second kappa shape index (κ2) is 5.23. The average molecular weight is 316 g/mol. The molecule has 0 saturated heterocycles. The van der Waals surface area contributed by atoms with E-state index in [1.807, 2.05) is 13.0 Å². The topological polar surface area (TPSA) is 108 Å². The number of nitrogens with zero attached hydrogens (tertiary/aromatic N) is 2. The van der Waals surface area contributed by atoms with Gasteiger partial charge in [0.25, 0.3) is 5.91 Å². The summed E-state index contributed by atoms with van der Waals surface area (Å²) in [6.45, 7) is 3.40. The summed E-state index contributed by atoms with van der Waals surface area (Å²) in [6, 6.07) is 5.25. The first-order valence-corrected chi connectivity index (χ1v) is 7.25. The van der Waals surface area contributed by atoms with Crippen LogP contribution in [0.3, 0.4) is 0 Å². The van der Waals surface area contributed by atoms with E-state index in [4.69, 9.17) is 5.11 Å². The van der Waals surface area contributed by atoms with Crippen LogP contribution in [-0.4, -0.2) is 31.9 Å². The predicted molar refractivity (Wildman–Crippen MR) is 82.6 cm³/mol. The standard InChI is InChI=1S/C14H12N4O3S/c1-6-11(13(20)21)22-14(15-6)18-12(19)8-4-3-5-9-10(8)17-7(2)16-9/h3-5H,1-2H3,(H,16,17)(H,20,21)(H,15,18,19). The van der Waals surface area contributed by atoms with Crippen LogP contribution >= 0.6 is 11.3 Å². The molecule has 0 fully saturated rings. The molecule has 0 aliphatic rings. The number of anilines is 1. The Hall–Kier alpha value is -2.74. The highest BCUT2D eigenvalue weighted by molar-refractivity contribution is 7.17. The number of benzene rings is 1. The second-order valence-corrected chi connectivity index (χ2v) is 5.72. The number of amides is 1. The van der Waals surface area contributed by atoms with Crippen LogP contribution in [0.4, 0.5) is 5.13 Å². The van der Waals surface area contributed by atoms with Crippen LogP contribution in [0.2, 0.25) is 0 Å². The van der Waals surface area contributed by atoms with Gasteiger partial charge < -0.3 is 10.1 Å². The number of aromatic amines is 1. The number of hydrogen-bond donors (Lipinski definition) is 3. The third-order valence-electron chi connectivity index (χ3n) is 3.09. The first-order chi connectivity index (χ1) is 10.5. The summed E-state index contributed by atoms with van der Waals surface area (Å²) in [5.74, 6) is -0.711. The van der Waals surface area contributed by atoms with Crippen molar-refractivity contribution < 1.29 is 14.7 Å². The van der Waals surface area contributed by atoms with Crippen molar-refractivity contribution in [3.63, 3.8) is 0 Å². The molecular formula is C14H12N4O3S. The molecule has 7 nitrogen and oxygen atoms in total. The zero-order valence-corrected chi connectivity index (χ0v) is 12.6. The van der Waals surface area contributed by atoms with E-state index in [2.05, 4.69) is 20.3 Å². The van der Waals surface area contributed by atoms with E-state index in [0.717, 1.165) is 16.9 Å². The molecule has 1 amide bonds. The maximum absolute atomic E-state index is 12.4. The molecule has 0 aliphatic carbocycles. The lowest BCUT2D eigenvalue weighted by Gasteiger charge is -2.02. The highest BCUT2D eigenvalue weighted by atomic mass is 32.1. The number of thiazole rings is 1. The molecule has 2 heterocycles. The van der Waals surface area contributed by atoms with Crippen LogP contribution in [0.5, 0.6) is 0 Å². The fraction of sp³-hybridized carbons (Fsp3) is 0.143. The highest BCUT2D eigenvalue weighted by Gasteiger charge is 2.18. The van der Waals surface area contributed by atoms with E-state index in [9.17, 15) is 9.59 Å². The fourth-order valence-electron chi connectivity index (χ4n) is 2.15. The van der Waals surface area contributed by atoms with Crippen molar-refractivity contribution >= 4 is 39.4 Å². The number of aryl methyl sites for hydroxylation is 2. The highest BCUT2D eigenvalue weighted by Crippen LogP contribution is 2.24. The van der Waals surface area contributed by atoms with Gasteiger partial charge in [-0.15, -0.1) is 0 Å². The van der Waals surface area contributed by atoms with Crippen molar-refractivity contribution in [3.8, 4) is 0 Å². The summed E-state index contributed by atoms with van der Waals surface area (Å²) in [4.78, 5) is 34.9. The Morgan fingerprint density at radius 1 is 1.27 bits per heavy atom. The Morgan fingerprint density at radius 2 is 2.05 bits per heavy atom. The number of carboxylic acid groups (broad SMARTS) is 1. The van der Waals surface area contributed by atoms with Crippen LogP contribution in [0.1, 0.15) is 31.5 Å². The molecule has 0 unspecified atom stereocenters. The average Bonchev–Trinajstić information content (AvgIpc) is 2.99. The van der Waals surface area contributed by atoms with Gasteiger partial charge in [-0.05, 0) is 26.0 Å². The summed E-state index contributed by atoms with van der Waals surface area (Å²) < 4.78 is 0. The first-order valence-electron chi connectivity index (χ1n) is 6.43. The smallest absolute Gasteiger partial charge is 0.347 e. The van der Waals surface area contributed by atoms with Gasteiger partial charge in [-0.1, -0.05) is 17.4 Å². The van der Waals surface area contributed by atoms with Crippen LogP contribution in [-0.2, 0) is 0 Å². The lowest BCUT2D eigenvalue weighted by atomic mass is 10.2. The number of carbonyl (C=O) groups excluding carboxylic acids is 1. The quantitative estimate of drug-likeness (QED) is 0.688. The Kier molecular flexibility index (Phi) is 3.38. The van der Waals surface area contributed by atoms with Gasteiger partial charge in [-0.2, -0.15) is 0 Å². The molecule has 2 aromatic heterocycles. The van der Waals surface area contributed by atoms with Crippen molar-refractivity contribution in [1.29, 1.82) is 0 Å². The van der Waals surface area contributed by atoms with Gasteiger partial charge in [0, 0.05) is 0 Å². The number of aromatic carboxylic acids is 1. The summed E-state index contributed by atoms with van der Waals surface area (Å²) in [5, 5.41) is 11.9. The third kappa shape index (κ3) is 2.44. The number of carbonyl (C=O) groups is 2. The molecule has 0 radical (unpaired) electrons. The lowest BCUT2D eigenvalue weighted by molar-refractivity contribution is 0.0701. The van der Waals surface area contributed by atoms with Crippen molar-refractivity contribution in [2.75, 3.05) is 5.32 Å². The van der Waals surface area contributed by atoms with Gasteiger partial charge in [0.15, 0.2) is 5.13 Å². The molecule has 0 aliphatic heterocycles. The zero-order chi connectivity index (χ0) is 15.9. The third-order valence-corrected chi connectivity index (χ3v) is 4.15. The van der Waals surface area contributed by atoms with Crippen LogP contribution in [0.15, 0.2) is 18.2 Å². The number of nitrogens with one attached hydrogen (secondary N) is 2. The number of hydrogen-bond acceptors (Lipinski definition) is 5. The van der Waals surface area contributed by atoms with Crippen molar-refractivity contribution in [1.82, 2.24) is 15.0 Å². The second-order valence-electron chi connectivity index (χ2n) is 4.72. The summed E-state index contributed by atoms with van der Waals surface area (Å²) in [6.07, 6.45) is 0. The Labute approximate surface area is 129 Å². The van der Waals surface area contributed by atoms with Gasteiger partial charge in [-0.25, -0.2) is 14.8 Å². The maximum atomic E-state index is 12.4. The summed E-state index contributed by atoms with van der Waals surface area (Å²) in [7, 11) is 0. The minimum atomic E-state index is -1.06. The molecule has 0 bridgehead atoms. The van der Waals surface area contributed by atoms with E-state index >= 15 is 0 Å². The summed E-state index contributed by atoms with van der Waals surface area (Å²) in [5.41, 5.74) is 2.13. The van der Waals surface area contributed by atoms with Crippen LogP contribution < -0.4 is 5.32 Å². The molecule has 3 rings (SSSR count). The van der Waals surface area contributed by atoms with Crippen molar-refractivity contribution in [3.05, 3.63) is 40.2 Å². The molecule has 1 aromatic carbocycles. The molecule has 3 N–H and O–H groups in total. The number of fused-ring (bicyclic) bond motifs is 1. The van der Waals surface area contributed by atoms with Gasteiger partial charge in [0.05, 0.1) is 16.8 Å². The Morgan fingerprint density at radius 3 is 2.73 bits per heavy atom. The number of carboxylic acids is 1. The normalized spacial score (nSPS) is 10.8. The number of H-pyrrole nitrogens is 1. The monoisotopic (exact) mass is 316 g/mol. The fourth-order valence-corrected chi connectivity index (χ4v) is 2.95. The number of para-hydroxylation sites is 1. The molecule has 0 saturated carbocycles. The Bertz CT molecular complexity index is 897. The van der Waals surface area contributed by atoms with E-state index in [-0.39, 0.29) is 15.9 Å². The van der Waals surface area contributed by atoms with E-state index in [0.29, 0.717) is 22.6 Å². The van der Waals surface area contributed by atoms with Gasteiger partial charge in [0.1, 0.15) is 16.2 Å². The Balaban J connectivity index is 1.93. The molecule has 0 atom stereocenters. The van der Waals surface area contributed by atoms with Gasteiger partial charge in [-0.3, -0.25) is 10.1 Å². The first kappa shape index (κ1) is 14.2. The minimum Gasteiger partial charge on any atom is -0.477 e. The van der Waals surface area contributed by atoms with Gasteiger partial charge in [0.2, 0.25) is 0 Å². The number of aromatic nitrogens is 3. The molecular weight excluding hydrogens is 304 g/mol. The van der Waals surface area contributed by atoms with Crippen LogP contribution in [0, 0.1) is 13.8 Å². The molecule has 3 aromatic rings. The SMILES string of the molecule is Cc1nc2c(C(=O)Nc3nc(C)c(C(=O)O)s3)cccc2[nH]1. The van der Waals surface area contributed by atoms with Crippen molar-refractivity contribution in [2.24, 2.45) is 0 Å². The molecule has 22 heavy (non-hydrogen) atoms. The molecule has 112 valence electrons. The van der Waals surface area contributed by atoms with E-state index in [1.165, 1.54) is 0 Å². The predicted octanol–water partition coefficient (Wildman–Crippen LogP) is 2.59. The number of rotatable bonds is 3. The summed E-state index contributed by atoms with van der Waals surface area (Å²) >= 11 is 0.930. The number of imidazole rings is 1. The molecule has 0 spiro atoms. The molecule has 8 heteroatoms. The van der Waals surface area contributed by atoms with Crippen LogP contribution in [0.25, 0.3) is 11.0 Å². The van der Waals surface area contributed by atoms with Crippen molar-refractivity contribution in [2.45, 2.75) is 13.8 Å². The minimum absolute atomic E-state index is 0.115. The zero-order valence-electron chi connectivity index (χ0n) is 11.8. The van der Waals surface area contributed by atoms with Gasteiger partial charge >= 0.3 is 5.97 Å². The lowest BCUT2D eigenvalue weighted by Crippen LogP contribution is -2.12. The van der Waals surface area contributed by atoms with E-state index < -0.39 is 5.97 Å². The maximum Gasteiger partial charge on any atom is 0.347 e.